The Bertz CT molecular complexity index is 1250. The summed E-state index contributed by atoms with van der Waals surface area (Å²) in [5.74, 6) is -2.52. The maximum atomic E-state index is 13.3. The van der Waals surface area contributed by atoms with Crippen molar-refractivity contribution in [3.05, 3.63) is 76.0 Å². The summed E-state index contributed by atoms with van der Waals surface area (Å²) in [6.07, 6.45) is -4.26. The number of rotatable bonds is 4. The van der Waals surface area contributed by atoms with Gasteiger partial charge >= 0.3 is 6.18 Å². The quantitative estimate of drug-likeness (QED) is 0.467. The van der Waals surface area contributed by atoms with E-state index in [2.05, 4.69) is 5.32 Å². The molecule has 0 saturated carbocycles. The molecule has 0 radical (unpaired) electrons. The van der Waals surface area contributed by atoms with Gasteiger partial charge in [0.05, 0.1) is 16.0 Å². The first kappa shape index (κ1) is 25.4. The molecule has 1 N–H and O–H groups in total. The van der Waals surface area contributed by atoms with Gasteiger partial charge in [0, 0.05) is 18.8 Å². The number of thioether (sulfide) groups is 1. The summed E-state index contributed by atoms with van der Waals surface area (Å²) in [6.45, 7) is -0.370. The van der Waals surface area contributed by atoms with E-state index in [0.29, 0.717) is 23.0 Å². The summed E-state index contributed by atoms with van der Waals surface area (Å²) in [5, 5.41) is 1.85. The van der Waals surface area contributed by atoms with Crippen molar-refractivity contribution in [3.63, 3.8) is 0 Å². The van der Waals surface area contributed by atoms with Gasteiger partial charge in [-0.1, -0.05) is 12.1 Å². The third-order valence-electron chi connectivity index (χ3n) is 5.72. The van der Waals surface area contributed by atoms with Crippen LogP contribution in [0.5, 0.6) is 0 Å². The molecule has 2 aliphatic rings. The number of piperidine rings is 1. The lowest BCUT2D eigenvalue weighted by Gasteiger charge is -2.29. The van der Waals surface area contributed by atoms with Crippen LogP contribution in [0.4, 0.5) is 28.0 Å². The zero-order valence-corrected chi connectivity index (χ0v) is 19.4. The lowest BCUT2D eigenvalue weighted by atomic mass is 10.0. The number of amides is 4. The first-order valence-electron chi connectivity index (χ1n) is 10.8. The first-order chi connectivity index (χ1) is 17.0. The number of imide groups is 1. The minimum Gasteiger partial charge on any atom is -0.338 e. The Kier molecular flexibility index (Phi) is 7.16. The summed E-state index contributed by atoms with van der Waals surface area (Å²) in [5.41, 5.74) is -0.550. The van der Waals surface area contributed by atoms with E-state index in [1.807, 2.05) is 0 Å². The number of benzene rings is 2. The van der Waals surface area contributed by atoms with Crippen LogP contribution in [-0.2, 0) is 15.8 Å². The topological polar surface area (TPSA) is 86.8 Å². The van der Waals surface area contributed by atoms with Gasteiger partial charge in [-0.3, -0.25) is 24.1 Å². The Morgan fingerprint density at radius 3 is 2.25 bits per heavy atom. The van der Waals surface area contributed by atoms with E-state index in [1.54, 1.807) is 0 Å². The second-order valence-corrected chi connectivity index (χ2v) is 9.04. The largest absolute Gasteiger partial charge is 0.417 e. The van der Waals surface area contributed by atoms with Crippen LogP contribution in [0, 0.1) is 5.82 Å². The van der Waals surface area contributed by atoms with Crippen molar-refractivity contribution in [2.24, 2.45) is 0 Å². The predicted molar refractivity (Wildman–Crippen MR) is 123 cm³/mol. The number of carbonyl (C=O) groups is 4. The number of hydrogen-bond acceptors (Lipinski definition) is 5. The van der Waals surface area contributed by atoms with Gasteiger partial charge in [-0.05, 0) is 66.6 Å². The van der Waals surface area contributed by atoms with E-state index < -0.39 is 52.6 Å². The molecule has 2 heterocycles. The van der Waals surface area contributed by atoms with Crippen molar-refractivity contribution >= 4 is 40.4 Å². The molecule has 4 rings (SSSR count). The fraction of sp³-hybridized carbons (Fsp3) is 0.250. The third kappa shape index (κ3) is 5.43. The molecule has 0 bridgehead atoms. The molecule has 12 heteroatoms. The Morgan fingerprint density at radius 2 is 1.61 bits per heavy atom. The molecule has 7 nitrogen and oxygen atoms in total. The fourth-order valence-corrected chi connectivity index (χ4v) is 4.90. The Labute approximate surface area is 207 Å². The van der Waals surface area contributed by atoms with Crippen molar-refractivity contribution in [3.8, 4) is 0 Å². The molecule has 4 amide bonds. The number of alkyl halides is 3. The van der Waals surface area contributed by atoms with Crippen LogP contribution in [0.15, 0.2) is 59.0 Å². The minimum absolute atomic E-state index is 0.0803. The molecular weight excluding hydrogens is 502 g/mol. The molecule has 2 fully saturated rings. The van der Waals surface area contributed by atoms with Gasteiger partial charge in [0.25, 0.3) is 17.1 Å². The number of carbonyl (C=O) groups excluding carboxylic acids is 4. The second-order valence-electron chi connectivity index (χ2n) is 8.08. The van der Waals surface area contributed by atoms with Gasteiger partial charge in [-0.25, -0.2) is 4.39 Å². The molecule has 0 spiro atoms. The minimum atomic E-state index is -4.67. The summed E-state index contributed by atoms with van der Waals surface area (Å²) >= 11 is 0.686. The number of anilines is 1. The van der Waals surface area contributed by atoms with E-state index >= 15 is 0 Å². The van der Waals surface area contributed by atoms with Crippen LogP contribution in [0.3, 0.4) is 0 Å². The number of nitrogens with zero attached hydrogens (tertiary/aromatic N) is 2. The van der Waals surface area contributed by atoms with E-state index in [1.165, 1.54) is 29.2 Å². The average Bonchev–Trinajstić information content (AvgIpc) is 3.13. The van der Waals surface area contributed by atoms with Gasteiger partial charge in [-0.2, -0.15) is 13.2 Å². The van der Waals surface area contributed by atoms with Crippen LogP contribution in [0.25, 0.3) is 0 Å². The molecular formula is C24H19F4N3O4S. The molecule has 0 unspecified atom stereocenters. The molecule has 0 aromatic heterocycles. The first-order valence-corrected chi connectivity index (χ1v) is 11.6. The predicted octanol–water partition coefficient (Wildman–Crippen LogP) is 4.67. The molecule has 2 aromatic rings. The van der Waals surface area contributed by atoms with Gasteiger partial charge in [-0.15, -0.1) is 0 Å². The zero-order chi connectivity index (χ0) is 26.0. The Hall–Kier alpha value is -3.67. The number of likely N-dealkylation sites (tertiary alicyclic amines) is 1. The van der Waals surface area contributed by atoms with Crippen molar-refractivity contribution in [1.82, 2.24) is 9.80 Å². The van der Waals surface area contributed by atoms with E-state index in [9.17, 15) is 36.7 Å². The highest BCUT2D eigenvalue weighted by Crippen LogP contribution is 2.37. The molecule has 188 valence electrons. The van der Waals surface area contributed by atoms with Gasteiger partial charge in [0.1, 0.15) is 12.4 Å². The van der Waals surface area contributed by atoms with E-state index in [4.69, 9.17) is 0 Å². The van der Waals surface area contributed by atoms with Crippen LogP contribution < -0.4 is 5.32 Å². The Morgan fingerprint density at radius 1 is 0.972 bits per heavy atom. The standard InChI is InChI=1S/C24H19F4N3O4S/c25-15-5-7-16(8-6-15)29-19(32)13-31-22(34)20(36-23(31)35)14-9-11-30(12-10-14)21(33)17-3-1-2-4-18(17)24(26,27)28/h1-8H,9-13H2,(H,29,32). The van der Waals surface area contributed by atoms with Crippen LogP contribution in [0.2, 0.25) is 0 Å². The Balaban J connectivity index is 1.40. The third-order valence-corrected chi connectivity index (χ3v) is 6.78. The summed E-state index contributed by atoms with van der Waals surface area (Å²) < 4.78 is 52.9. The van der Waals surface area contributed by atoms with Crippen molar-refractivity contribution in [2.45, 2.75) is 19.0 Å². The van der Waals surface area contributed by atoms with Crippen LogP contribution in [-0.4, -0.2) is 52.4 Å². The fourth-order valence-electron chi connectivity index (χ4n) is 3.92. The normalized spacial score (nSPS) is 16.6. The lowest BCUT2D eigenvalue weighted by molar-refractivity contribution is -0.138. The average molecular weight is 521 g/mol. The number of halogens is 4. The van der Waals surface area contributed by atoms with E-state index in [0.717, 1.165) is 29.2 Å². The molecule has 2 aromatic carbocycles. The van der Waals surface area contributed by atoms with Crippen LogP contribution >= 0.6 is 11.8 Å². The molecule has 2 aliphatic heterocycles. The molecule has 2 saturated heterocycles. The molecule has 0 aliphatic carbocycles. The zero-order valence-electron chi connectivity index (χ0n) is 18.6. The van der Waals surface area contributed by atoms with Crippen molar-refractivity contribution < 1.29 is 36.7 Å². The van der Waals surface area contributed by atoms with Gasteiger partial charge < -0.3 is 10.2 Å². The monoisotopic (exact) mass is 521 g/mol. The summed E-state index contributed by atoms with van der Waals surface area (Å²) in [4.78, 5) is 52.5. The summed E-state index contributed by atoms with van der Waals surface area (Å²) in [6, 6.07) is 9.53. The maximum absolute atomic E-state index is 13.3. The SMILES string of the molecule is O=C(CN1C(=O)SC(=C2CCN(C(=O)c3ccccc3C(F)(F)F)CC2)C1=O)Nc1ccc(F)cc1. The van der Waals surface area contributed by atoms with Gasteiger partial charge in [0.2, 0.25) is 5.91 Å². The van der Waals surface area contributed by atoms with Crippen molar-refractivity contribution in [1.29, 1.82) is 0 Å². The molecule has 36 heavy (non-hydrogen) atoms. The number of hydrogen-bond donors (Lipinski definition) is 1. The highest BCUT2D eigenvalue weighted by molar-refractivity contribution is 8.18. The second kappa shape index (κ2) is 10.1. The van der Waals surface area contributed by atoms with E-state index in [-0.39, 0.29) is 30.8 Å². The van der Waals surface area contributed by atoms with Crippen LogP contribution in [0.1, 0.15) is 28.8 Å². The highest BCUT2D eigenvalue weighted by Gasteiger charge is 2.40. The lowest BCUT2D eigenvalue weighted by Crippen LogP contribution is -2.38. The number of nitrogens with one attached hydrogen (secondary N) is 1. The summed E-state index contributed by atoms with van der Waals surface area (Å²) in [7, 11) is 0. The maximum Gasteiger partial charge on any atom is 0.417 e. The van der Waals surface area contributed by atoms with Crippen molar-refractivity contribution in [2.75, 3.05) is 25.0 Å². The smallest absolute Gasteiger partial charge is 0.338 e. The molecule has 0 atom stereocenters. The van der Waals surface area contributed by atoms with Gasteiger partial charge in [0.15, 0.2) is 0 Å². The highest BCUT2D eigenvalue weighted by atomic mass is 32.2.